The molecule has 1 aliphatic rings. The van der Waals surface area contributed by atoms with Gasteiger partial charge in [-0.1, -0.05) is 6.42 Å². The van der Waals surface area contributed by atoms with Crippen molar-refractivity contribution < 1.29 is 27.8 Å². The number of carboxylic acid groups (broad SMARTS) is 1. The number of ether oxygens (including phenoxy) is 2. The second-order valence-electron chi connectivity index (χ2n) is 5.22. The fourth-order valence-electron chi connectivity index (χ4n) is 2.67. The standard InChI is InChI=1S/C14H18O6S/c1-19-10-7-9(14(13(15)16)5-4-6-14)12(21(3,17)18)8-11(10)20-2/h7-8H,4-6H2,1-3H3,(H,15,16). The van der Waals surface area contributed by atoms with Gasteiger partial charge in [-0.05, 0) is 24.5 Å². The van der Waals surface area contributed by atoms with Crippen LogP contribution in [0.3, 0.4) is 0 Å². The van der Waals surface area contributed by atoms with Crippen LogP contribution in [0.2, 0.25) is 0 Å². The van der Waals surface area contributed by atoms with E-state index < -0.39 is 21.2 Å². The zero-order valence-electron chi connectivity index (χ0n) is 12.2. The Morgan fingerprint density at radius 1 is 1.19 bits per heavy atom. The lowest BCUT2D eigenvalue weighted by molar-refractivity contribution is -0.147. The Kier molecular flexibility index (Phi) is 3.88. The van der Waals surface area contributed by atoms with Gasteiger partial charge in [-0.3, -0.25) is 4.79 Å². The summed E-state index contributed by atoms with van der Waals surface area (Å²) in [6.45, 7) is 0. The highest BCUT2D eigenvalue weighted by molar-refractivity contribution is 7.90. The van der Waals surface area contributed by atoms with Gasteiger partial charge in [-0.2, -0.15) is 0 Å². The van der Waals surface area contributed by atoms with Gasteiger partial charge in [0.2, 0.25) is 0 Å². The van der Waals surface area contributed by atoms with Gasteiger partial charge in [0.15, 0.2) is 21.3 Å². The molecule has 1 fully saturated rings. The van der Waals surface area contributed by atoms with E-state index in [9.17, 15) is 18.3 Å². The minimum Gasteiger partial charge on any atom is -0.493 e. The molecule has 0 unspecified atom stereocenters. The van der Waals surface area contributed by atoms with Crippen molar-refractivity contribution in [3.8, 4) is 11.5 Å². The molecule has 116 valence electrons. The molecular weight excluding hydrogens is 296 g/mol. The van der Waals surface area contributed by atoms with Gasteiger partial charge in [-0.25, -0.2) is 8.42 Å². The van der Waals surface area contributed by atoms with E-state index in [2.05, 4.69) is 0 Å². The Bertz CT molecular complexity index is 673. The Morgan fingerprint density at radius 2 is 1.71 bits per heavy atom. The Labute approximate surface area is 123 Å². The molecule has 1 aliphatic carbocycles. The molecule has 6 nitrogen and oxygen atoms in total. The highest BCUT2D eigenvalue weighted by atomic mass is 32.2. The molecular formula is C14H18O6S. The number of hydrogen-bond donors (Lipinski definition) is 1. The average molecular weight is 314 g/mol. The summed E-state index contributed by atoms with van der Waals surface area (Å²) in [6.07, 6.45) is 2.65. The van der Waals surface area contributed by atoms with Crippen LogP contribution in [-0.2, 0) is 20.0 Å². The molecule has 0 aromatic heterocycles. The largest absolute Gasteiger partial charge is 0.493 e. The summed E-state index contributed by atoms with van der Waals surface area (Å²) in [5.41, 5.74) is -0.876. The third kappa shape index (κ3) is 2.46. The van der Waals surface area contributed by atoms with Crippen LogP contribution in [0.1, 0.15) is 24.8 Å². The SMILES string of the molecule is COc1cc(C2(C(=O)O)CCC2)c(S(C)(=O)=O)cc1OC. The van der Waals surface area contributed by atoms with Crippen molar-refractivity contribution in [1.29, 1.82) is 0 Å². The predicted octanol–water partition coefficient (Wildman–Crippen LogP) is 1.61. The molecule has 0 heterocycles. The first-order chi connectivity index (χ1) is 9.76. The van der Waals surface area contributed by atoms with Crippen LogP contribution in [0.25, 0.3) is 0 Å². The highest BCUT2D eigenvalue weighted by Gasteiger charge is 2.48. The van der Waals surface area contributed by atoms with Gasteiger partial charge >= 0.3 is 5.97 Å². The van der Waals surface area contributed by atoms with Gasteiger partial charge in [-0.15, -0.1) is 0 Å². The zero-order valence-corrected chi connectivity index (χ0v) is 13.0. The minimum atomic E-state index is -3.58. The molecule has 21 heavy (non-hydrogen) atoms. The zero-order chi connectivity index (χ0) is 15.8. The molecule has 1 N–H and O–H groups in total. The molecule has 7 heteroatoms. The summed E-state index contributed by atoms with van der Waals surface area (Å²) < 4.78 is 34.4. The minimum absolute atomic E-state index is 0.0118. The van der Waals surface area contributed by atoms with E-state index in [4.69, 9.17) is 9.47 Å². The first-order valence-corrected chi connectivity index (χ1v) is 8.35. The fourth-order valence-corrected chi connectivity index (χ4v) is 3.64. The second kappa shape index (κ2) is 5.22. The monoisotopic (exact) mass is 314 g/mol. The fraction of sp³-hybridized carbons (Fsp3) is 0.500. The summed E-state index contributed by atoms with van der Waals surface area (Å²) >= 11 is 0. The van der Waals surface area contributed by atoms with E-state index in [0.29, 0.717) is 18.6 Å². The van der Waals surface area contributed by atoms with Crippen molar-refractivity contribution in [3.05, 3.63) is 17.7 Å². The predicted molar refractivity (Wildman–Crippen MR) is 75.8 cm³/mol. The molecule has 0 spiro atoms. The van der Waals surface area contributed by atoms with Crippen LogP contribution in [0.4, 0.5) is 0 Å². The molecule has 0 radical (unpaired) electrons. The van der Waals surface area contributed by atoms with Gasteiger partial charge < -0.3 is 14.6 Å². The van der Waals surface area contributed by atoms with E-state index in [1.54, 1.807) is 0 Å². The number of carboxylic acids is 1. The number of rotatable bonds is 5. The molecule has 0 bridgehead atoms. The maximum Gasteiger partial charge on any atom is 0.314 e. The summed E-state index contributed by atoms with van der Waals surface area (Å²) in [5.74, 6) is -0.417. The van der Waals surface area contributed by atoms with Crippen molar-refractivity contribution in [3.63, 3.8) is 0 Å². The molecule has 0 saturated heterocycles. The van der Waals surface area contributed by atoms with E-state index in [1.165, 1.54) is 26.4 Å². The molecule has 1 aromatic carbocycles. The van der Waals surface area contributed by atoms with Gasteiger partial charge in [0, 0.05) is 12.3 Å². The van der Waals surface area contributed by atoms with Crippen molar-refractivity contribution in [2.75, 3.05) is 20.5 Å². The van der Waals surface area contributed by atoms with Crippen molar-refractivity contribution in [1.82, 2.24) is 0 Å². The normalized spacial score (nSPS) is 16.9. The second-order valence-corrected chi connectivity index (χ2v) is 7.20. The lowest BCUT2D eigenvalue weighted by Crippen LogP contribution is -2.43. The number of aliphatic carboxylic acids is 1. The van der Waals surface area contributed by atoms with Crippen LogP contribution in [0.15, 0.2) is 17.0 Å². The molecule has 0 aliphatic heterocycles. The van der Waals surface area contributed by atoms with Crippen LogP contribution in [0, 0.1) is 0 Å². The number of carbonyl (C=O) groups is 1. The van der Waals surface area contributed by atoms with E-state index in [0.717, 1.165) is 12.7 Å². The number of hydrogen-bond acceptors (Lipinski definition) is 5. The molecule has 2 rings (SSSR count). The van der Waals surface area contributed by atoms with Gasteiger partial charge in [0.25, 0.3) is 0 Å². The summed E-state index contributed by atoms with van der Waals surface area (Å²) in [6, 6.07) is 2.81. The smallest absolute Gasteiger partial charge is 0.314 e. The molecule has 1 aromatic rings. The van der Waals surface area contributed by atoms with Gasteiger partial charge in [0.05, 0.1) is 24.5 Å². The number of benzene rings is 1. The first-order valence-electron chi connectivity index (χ1n) is 6.46. The van der Waals surface area contributed by atoms with Crippen LogP contribution < -0.4 is 9.47 Å². The average Bonchev–Trinajstić information content (AvgIpc) is 2.34. The van der Waals surface area contributed by atoms with Gasteiger partial charge in [0.1, 0.15) is 0 Å². The molecule has 0 atom stereocenters. The van der Waals surface area contributed by atoms with Crippen molar-refractivity contribution in [2.24, 2.45) is 0 Å². The maximum absolute atomic E-state index is 12.0. The number of methoxy groups -OCH3 is 2. The quantitative estimate of drug-likeness (QED) is 0.888. The summed E-state index contributed by atoms with van der Waals surface area (Å²) in [5, 5.41) is 9.55. The van der Waals surface area contributed by atoms with Crippen molar-refractivity contribution >= 4 is 15.8 Å². The van der Waals surface area contributed by atoms with Crippen molar-refractivity contribution in [2.45, 2.75) is 29.6 Å². The van der Waals surface area contributed by atoms with E-state index in [-0.39, 0.29) is 16.2 Å². The third-order valence-corrected chi connectivity index (χ3v) is 5.15. The Morgan fingerprint density at radius 3 is 2.05 bits per heavy atom. The van der Waals surface area contributed by atoms with E-state index >= 15 is 0 Å². The lowest BCUT2D eigenvalue weighted by Gasteiger charge is -2.39. The first kappa shape index (κ1) is 15.6. The topological polar surface area (TPSA) is 89.9 Å². The molecule has 1 saturated carbocycles. The Hall–Kier alpha value is -1.76. The maximum atomic E-state index is 12.0. The third-order valence-electron chi connectivity index (χ3n) is 4.02. The summed E-state index contributed by atoms with van der Waals surface area (Å²) in [7, 11) is -0.754. The van der Waals surface area contributed by atoms with Crippen LogP contribution >= 0.6 is 0 Å². The number of sulfone groups is 1. The lowest BCUT2D eigenvalue weighted by atomic mass is 9.64. The van der Waals surface area contributed by atoms with Crippen LogP contribution in [-0.4, -0.2) is 40.0 Å². The molecule has 0 amide bonds. The van der Waals surface area contributed by atoms with Crippen LogP contribution in [0.5, 0.6) is 11.5 Å². The highest BCUT2D eigenvalue weighted by Crippen LogP contribution is 2.48. The Balaban J connectivity index is 2.77. The van der Waals surface area contributed by atoms with E-state index in [1.807, 2.05) is 0 Å². The summed E-state index contributed by atoms with van der Waals surface area (Å²) in [4.78, 5) is 11.7.